The van der Waals surface area contributed by atoms with Gasteiger partial charge < -0.3 is 10.5 Å². The molecular formula is C12H18N2O3S. The van der Waals surface area contributed by atoms with Crippen molar-refractivity contribution in [2.45, 2.75) is 30.7 Å². The van der Waals surface area contributed by atoms with E-state index in [0.29, 0.717) is 17.4 Å². The van der Waals surface area contributed by atoms with Crippen molar-refractivity contribution in [2.75, 3.05) is 12.8 Å². The van der Waals surface area contributed by atoms with Gasteiger partial charge in [-0.2, -0.15) is 0 Å². The Morgan fingerprint density at radius 2 is 2.11 bits per heavy atom. The molecule has 0 radical (unpaired) electrons. The molecular weight excluding hydrogens is 252 g/mol. The van der Waals surface area contributed by atoms with Gasteiger partial charge in [-0.1, -0.05) is 0 Å². The highest BCUT2D eigenvalue weighted by atomic mass is 32.2. The summed E-state index contributed by atoms with van der Waals surface area (Å²) in [6.07, 6.45) is 2.18. The summed E-state index contributed by atoms with van der Waals surface area (Å²) >= 11 is 0. The summed E-state index contributed by atoms with van der Waals surface area (Å²) in [5.41, 5.74) is 6.09. The molecule has 0 aliphatic heterocycles. The molecule has 2 rings (SSSR count). The average molecular weight is 270 g/mol. The molecule has 1 unspecified atom stereocenters. The topological polar surface area (TPSA) is 81.4 Å². The molecule has 1 fully saturated rings. The molecule has 3 N–H and O–H groups in total. The van der Waals surface area contributed by atoms with Gasteiger partial charge >= 0.3 is 0 Å². The van der Waals surface area contributed by atoms with E-state index in [2.05, 4.69) is 4.72 Å². The molecule has 5 nitrogen and oxygen atoms in total. The highest BCUT2D eigenvalue weighted by molar-refractivity contribution is 7.89. The summed E-state index contributed by atoms with van der Waals surface area (Å²) in [5.74, 6) is 0.840. The molecule has 1 aromatic rings. The van der Waals surface area contributed by atoms with Crippen LogP contribution < -0.4 is 15.2 Å². The minimum absolute atomic E-state index is 0.0291. The van der Waals surface area contributed by atoms with E-state index in [9.17, 15) is 8.42 Å². The Morgan fingerprint density at radius 1 is 1.44 bits per heavy atom. The van der Waals surface area contributed by atoms with Crippen LogP contribution in [0.15, 0.2) is 23.1 Å². The molecule has 100 valence electrons. The first-order chi connectivity index (χ1) is 8.44. The fraction of sp³-hybridized carbons (Fsp3) is 0.500. The van der Waals surface area contributed by atoms with Crippen molar-refractivity contribution >= 4 is 15.7 Å². The van der Waals surface area contributed by atoms with Crippen LogP contribution in [0.25, 0.3) is 0 Å². The number of rotatable bonds is 5. The second-order valence-corrected chi connectivity index (χ2v) is 6.37. The van der Waals surface area contributed by atoms with Crippen molar-refractivity contribution in [3.8, 4) is 5.75 Å². The maximum atomic E-state index is 12.1. The van der Waals surface area contributed by atoms with Crippen molar-refractivity contribution in [3.63, 3.8) is 0 Å². The summed E-state index contributed by atoms with van der Waals surface area (Å²) in [5, 5.41) is 0. The summed E-state index contributed by atoms with van der Waals surface area (Å²) in [7, 11) is -2.04. The Kier molecular flexibility index (Phi) is 3.49. The number of sulfonamides is 1. The molecule has 1 aromatic carbocycles. The van der Waals surface area contributed by atoms with Gasteiger partial charge in [-0.05, 0) is 37.8 Å². The SMILES string of the molecule is COc1cc(S(=O)(=O)NC(C)C2CC2)ccc1N. The first-order valence-corrected chi connectivity index (χ1v) is 7.38. The third kappa shape index (κ3) is 2.76. The van der Waals surface area contributed by atoms with E-state index in [4.69, 9.17) is 10.5 Å². The fourth-order valence-electron chi connectivity index (χ4n) is 1.86. The lowest BCUT2D eigenvalue weighted by atomic mass is 10.2. The summed E-state index contributed by atoms with van der Waals surface area (Å²) in [4.78, 5) is 0.182. The molecule has 0 saturated heterocycles. The second kappa shape index (κ2) is 4.78. The normalized spacial score (nSPS) is 17.4. The predicted octanol–water partition coefficient (Wildman–Crippen LogP) is 1.35. The molecule has 0 spiro atoms. The molecule has 0 bridgehead atoms. The van der Waals surface area contributed by atoms with E-state index in [-0.39, 0.29) is 10.9 Å². The van der Waals surface area contributed by atoms with Gasteiger partial charge in [-0.15, -0.1) is 0 Å². The van der Waals surface area contributed by atoms with Crippen LogP contribution in [-0.2, 0) is 10.0 Å². The van der Waals surface area contributed by atoms with Crippen LogP contribution in [-0.4, -0.2) is 21.6 Å². The summed E-state index contributed by atoms with van der Waals surface area (Å²) in [6.45, 7) is 1.89. The number of ether oxygens (including phenoxy) is 1. The Labute approximate surface area is 107 Å². The third-order valence-electron chi connectivity index (χ3n) is 3.19. The second-order valence-electron chi connectivity index (χ2n) is 4.65. The number of benzene rings is 1. The van der Waals surface area contributed by atoms with Crippen molar-refractivity contribution in [1.82, 2.24) is 4.72 Å². The number of nitrogen functional groups attached to an aromatic ring is 1. The zero-order valence-corrected chi connectivity index (χ0v) is 11.3. The Bertz CT molecular complexity index is 538. The van der Waals surface area contributed by atoms with Crippen LogP contribution >= 0.6 is 0 Å². The molecule has 1 aliphatic carbocycles. The molecule has 6 heteroatoms. The lowest BCUT2D eigenvalue weighted by Crippen LogP contribution is -2.34. The lowest BCUT2D eigenvalue weighted by Gasteiger charge is -2.14. The van der Waals surface area contributed by atoms with Gasteiger partial charge in [0.15, 0.2) is 0 Å². The van der Waals surface area contributed by atoms with Crippen molar-refractivity contribution in [1.29, 1.82) is 0 Å². The quantitative estimate of drug-likeness (QED) is 0.791. The van der Waals surface area contributed by atoms with E-state index in [1.807, 2.05) is 6.92 Å². The zero-order chi connectivity index (χ0) is 13.3. The summed E-state index contributed by atoms with van der Waals surface area (Å²) in [6, 6.07) is 4.44. The van der Waals surface area contributed by atoms with Crippen LogP contribution in [0.2, 0.25) is 0 Å². The van der Waals surface area contributed by atoms with Gasteiger partial charge in [-0.3, -0.25) is 0 Å². The number of nitrogens with one attached hydrogen (secondary N) is 1. The molecule has 0 aromatic heterocycles. The van der Waals surface area contributed by atoms with Gasteiger partial charge in [0.05, 0.1) is 17.7 Å². The number of hydrogen-bond acceptors (Lipinski definition) is 4. The van der Waals surface area contributed by atoms with Crippen LogP contribution in [0.3, 0.4) is 0 Å². The Morgan fingerprint density at radius 3 is 2.67 bits per heavy atom. The van der Waals surface area contributed by atoms with Gasteiger partial charge in [-0.25, -0.2) is 13.1 Å². The fourth-order valence-corrected chi connectivity index (χ4v) is 3.19. The molecule has 0 heterocycles. The third-order valence-corrected chi connectivity index (χ3v) is 4.74. The highest BCUT2D eigenvalue weighted by Gasteiger charge is 2.31. The molecule has 0 amide bonds. The van der Waals surface area contributed by atoms with Gasteiger partial charge in [0.25, 0.3) is 0 Å². The predicted molar refractivity (Wildman–Crippen MR) is 69.9 cm³/mol. The van der Waals surface area contributed by atoms with Crippen molar-refractivity contribution in [2.24, 2.45) is 5.92 Å². The number of anilines is 1. The summed E-state index contributed by atoms with van der Waals surface area (Å²) < 4.78 is 32.0. The van der Waals surface area contributed by atoms with E-state index in [0.717, 1.165) is 12.8 Å². The van der Waals surface area contributed by atoms with E-state index in [1.54, 1.807) is 0 Å². The minimum atomic E-state index is -3.50. The average Bonchev–Trinajstić information content (AvgIpc) is 3.12. The standard InChI is InChI=1S/C12H18N2O3S/c1-8(9-3-4-9)14-18(15,16)10-5-6-11(13)12(7-10)17-2/h5-9,14H,3-4,13H2,1-2H3. The first kappa shape index (κ1) is 13.2. The largest absolute Gasteiger partial charge is 0.495 e. The lowest BCUT2D eigenvalue weighted by molar-refractivity contribution is 0.415. The monoisotopic (exact) mass is 270 g/mol. The van der Waals surface area contributed by atoms with Gasteiger partial charge in [0, 0.05) is 12.1 Å². The maximum Gasteiger partial charge on any atom is 0.240 e. The van der Waals surface area contributed by atoms with Crippen molar-refractivity contribution in [3.05, 3.63) is 18.2 Å². The smallest absolute Gasteiger partial charge is 0.240 e. The van der Waals surface area contributed by atoms with E-state index in [1.165, 1.54) is 25.3 Å². The molecule has 1 atom stereocenters. The number of methoxy groups -OCH3 is 1. The number of hydrogen-bond donors (Lipinski definition) is 2. The molecule has 18 heavy (non-hydrogen) atoms. The minimum Gasteiger partial charge on any atom is -0.495 e. The van der Waals surface area contributed by atoms with E-state index < -0.39 is 10.0 Å². The van der Waals surface area contributed by atoms with Gasteiger partial charge in [0.2, 0.25) is 10.0 Å². The highest BCUT2D eigenvalue weighted by Crippen LogP contribution is 2.33. The Balaban J connectivity index is 2.23. The number of nitrogens with two attached hydrogens (primary N) is 1. The molecule has 1 saturated carbocycles. The van der Waals surface area contributed by atoms with Crippen LogP contribution in [0.5, 0.6) is 5.75 Å². The van der Waals surface area contributed by atoms with Crippen LogP contribution in [0, 0.1) is 5.92 Å². The van der Waals surface area contributed by atoms with E-state index >= 15 is 0 Å². The zero-order valence-electron chi connectivity index (χ0n) is 10.5. The van der Waals surface area contributed by atoms with Gasteiger partial charge in [0.1, 0.15) is 5.75 Å². The first-order valence-electron chi connectivity index (χ1n) is 5.90. The molecule has 1 aliphatic rings. The van der Waals surface area contributed by atoms with Crippen LogP contribution in [0.1, 0.15) is 19.8 Å². The van der Waals surface area contributed by atoms with Crippen LogP contribution in [0.4, 0.5) is 5.69 Å². The van der Waals surface area contributed by atoms with Crippen molar-refractivity contribution < 1.29 is 13.2 Å². The Hall–Kier alpha value is -1.27. The maximum absolute atomic E-state index is 12.1.